The van der Waals surface area contributed by atoms with E-state index in [2.05, 4.69) is 12.2 Å². The molecule has 0 radical (unpaired) electrons. The summed E-state index contributed by atoms with van der Waals surface area (Å²) in [6, 6.07) is 2.89. The van der Waals surface area contributed by atoms with Gasteiger partial charge in [0, 0.05) is 19.6 Å². The van der Waals surface area contributed by atoms with E-state index >= 15 is 0 Å². The Balaban J connectivity index is 2.12. The average Bonchev–Trinajstić information content (AvgIpc) is 2.82. The Morgan fingerprint density at radius 3 is 2.33 bits per heavy atom. The van der Waals surface area contributed by atoms with Gasteiger partial charge in [0.15, 0.2) is 0 Å². The summed E-state index contributed by atoms with van der Waals surface area (Å²) in [6.45, 7) is 4.94. The summed E-state index contributed by atoms with van der Waals surface area (Å²) in [7, 11) is 0. The average molecular weight is 254 g/mol. The van der Waals surface area contributed by atoms with Gasteiger partial charge < -0.3 is 10.2 Å². The highest BCUT2D eigenvalue weighted by Crippen LogP contribution is 2.27. The third kappa shape index (κ3) is 2.99. The predicted molar refractivity (Wildman–Crippen MR) is 69.8 cm³/mol. The number of rotatable bonds is 5. The van der Waals surface area contributed by atoms with Crippen molar-refractivity contribution >= 4 is 5.69 Å². The molecule has 1 aliphatic heterocycles. The zero-order chi connectivity index (χ0) is 13.0. The molecule has 0 atom stereocenters. The van der Waals surface area contributed by atoms with Gasteiger partial charge in [0.25, 0.3) is 0 Å². The molecule has 18 heavy (non-hydrogen) atoms. The lowest BCUT2D eigenvalue weighted by atomic mass is 10.1. The van der Waals surface area contributed by atoms with Crippen molar-refractivity contribution in [1.29, 1.82) is 0 Å². The van der Waals surface area contributed by atoms with Crippen LogP contribution in [0.25, 0.3) is 0 Å². The topological polar surface area (TPSA) is 15.3 Å². The first-order valence-corrected chi connectivity index (χ1v) is 6.66. The van der Waals surface area contributed by atoms with Gasteiger partial charge >= 0.3 is 0 Å². The highest BCUT2D eigenvalue weighted by molar-refractivity contribution is 5.51. The molecule has 1 aromatic rings. The van der Waals surface area contributed by atoms with Crippen molar-refractivity contribution in [2.45, 2.75) is 32.7 Å². The Morgan fingerprint density at radius 1 is 1.17 bits per heavy atom. The summed E-state index contributed by atoms with van der Waals surface area (Å²) < 4.78 is 27.9. The van der Waals surface area contributed by atoms with Crippen molar-refractivity contribution < 1.29 is 8.78 Å². The molecule has 0 aliphatic carbocycles. The van der Waals surface area contributed by atoms with Crippen molar-refractivity contribution in [1.82, 2.24) is 5.32 Å². The van der Waals surface area contributed by atoms with Crippen molar-refractivity contribution in [3.8, 4) is 0 Å². The van der Waals surface area contributed by atoms with E-state index in [-0.39, 0.29) is 5.69 Å². The van der Waals surface area contributed by atoms with Crippen molar-refractivity contribution in [2.75, 3.05) is 24.5 Å². The normalized spacial score (nSPS) is 15.4. The molecule has 2 rings (SSSR count). The van der Waals surface area contributed by atoms with Gasteiger partial charge in [-0.1, -0.05) is 6.92 Å². The molecule has 1 N–H and O–H groups in total. The second-order valence-electron chi connectivity index (χ2n) is 4.78. The minimum atomic E-state index is -0.440. The Kier molecular flexibility index (Phi) is 4.53. The summed E-state index contributed by atoms with van der Waals surface area (Å²) in [5.74, 6) is -0.879. The van der Waals surface area contributed by atoms with E-state index in [0.717, 1.165) is 38.9 Å². The zero-order valence-corrected chi connectivity index (χ0v) is 10.8. The largest absolute Gasteiger partial charge is 0.367 e. The minimum absolute atomic E-state index is 0.145. The monoisotopic (exact) mass is 254 g/mol. The summed E-state index contributed by atoms with van der Waals surface area (Å²) in [4.78, 5) is 1.80. The van der Waals surface area contributed by atoms with Gasteiger partial charge in [-0.05, 0) is 43.5 Å². The van der Waals surface area contributed by atoms with Gasteiger partial charge in [-0.3, -0.25) is 0 Å². The highest BCUT2D eigenvalue weighted by atomic mass is 19.1. The van der Waals surface area contributed by atoms with E-state index in [4.69, 9.17) is 0 Å². The number of anilines is 1. The van der Waals surface area contributed by atoms with Crippen molar-refractivity contribution in [3.05, 3.63) is 29.3 Å². The fourth-order valence-electron chi connectivity index (χ4n) is 2.37. The van der Waals surface area contributed by atoms with Crippen LogP contribution in [0.3, 0.4) is 0 Å². The molecule has 2 nitrogen and oxygen atoms in total. The molecule has 0 bridgehead atoms. The molecule has 0 aromatic heterocycles. The smallest absolute Gasteiger partial charge is 0.149 e. The zero-order valence-electron chi connectivity index (χ0n) is 10.8. The third-order valence-corrected chi connectivity index (χ3v) is 3.25. The van der Waals surface area contributed by atoms with Crippen LogP contribution in [0.2, 0.25) is 0 Å². The van der Waals surface area contributed by atoms with Gasteiger partial charge in [-0.15, -0.1) is 0 Å². The summed E-state index contributed by atoms with van der Waals surface area (Å²) >= 11 is 0. The van der Waals surface area contributed by atoms with Crippen LogP contribution in [0.15, 0.2) is 12.1 Å². The maximum Gasteiger partial charge on any atom is 0.149 e. The molecule has 100 valence electrons. The molecule has 1 saturated heterocycles. The van der Waals surface area contributed by atoms with Gasteiger partial charge in [-0.2, -0.15) is 0 Å². The number of hydrogen-bond donors (Lipinski definition) is 1. The Bertz CT molecular complexity index is 378. The van der Waals surface area contributed by atoms with E-state index in [0.29, 0.717) is 12.1 Å². The maximum absolute atomic E-state index is 14.0. The third-order valence-electron chi connectivity index (χ3n) is 3.25. The van der Waals surface area contributed by atoms with Crippen molar-refractivity contribution in [3.63, 3.8) is 0 Å². The lowest BCUT2D eigenvalue weighted by molar-refractivity contribution is 0.570. The Labute approximate surface area is 107 Å². The molecule has 0 amide bonds. The number of hydrogen-bond acceptors (Lipinski definition) is 2. The molecule has 1 fully saturated rings. The Morgan fingerprint density at radius 2 is 1.78 bits per heavy atom. The lowest BCUT2D eigenvalue weighted by Crippen LogP contribution is -2.21. The number of halogens is 2. The second-order valence-corrected chi connectivity index (χ2v) is 4.78. The van der Waals surface area contributed by atoms with E-state index in [9.17, 15) is 8.78 Å². The van der Waals surface area contributed by atoms with Crippen LogP contribution < -0.4 is 10.2 Å². The predicted octanol–water partition coefficient (Wildman–Crippen LogP) is 3.06. The van der Waals surface area contributed by atoms with Gasteiger partial charge in [0.1, 0.15) is 17.3 Å². The lowest BCUT2D eigenvalue weighted by Gasteiger charge is -2.19. The number of benzene rings is 1. The molecule has 1 heterocycles. The van der Waals surface area contributed by atoms with Crippen LogP contribution in [-0.2, 0) is 6.54 Å². The van der Waals surface area contributed by atoms with Crippen LogP contribution in [0, 0.1) is 11.6 Å². The van der Waals surface area contributed by atoms with Gasteiger partial charge in [0.05, 0.1) is 0 Å². The highest BCUT2D eigenvalue weighted by Gasteiger charge is 2.20. The molecule has 0 spiro atoms. The number of nitrogens with one attached hydrogen (secondary N) is 1. The van der Waals surface area contributed by atoms with E-state index in [1.54, 1.807) is 4.90 Å². The first-order valence-electron chi connectivity index (χ1n) is 6.66. The van der Waals surface area contributed by atoms with Crippen LogP contribution in [-0.4, -0.2) is 19.6 Å². The number of nitrogens with zero attached hydrogens (tertiary/aromatic N) is 1. The second kappa shape index (κ2) is 6.14. The van der Waals surface area contributed by atoms with E-state index in [1.165, 1.54) is 12.1 Å². The summed E-state index contributed by atoms with van der Waals surface area (Å²) in [5, 5.41) is 3.15. The minimum Gasteiger partial charge on any atom is -0.367 e. The summed E-state index contributed by atoms with van der Waals surface area (Å²) in [5.41, 5.74) is 0.813. The molecular weight excluding hydrogens is 234 g/mol. The van der Waals surface area contributed by atoms with Crippen LogP contribution in [0.1, 0.15) is 31.7 Å². The van der Waals surface area contributed by atoms with Gasteiger partial charge in [-0.25, -0.2) is 8.78 Å². The van der Waals surface area contributed by atoms with Crippen LogP contribution in [0.4, 0.5) is 14.5 Å². The molecule has 1 aliphatic rings. The summed E-state index contributed by atoms with van der Waals surface area (Å²) in [6.07, 6.45) is 3.04. The first kappa shape index (κ1) is 13.3. The maximum atomic E-state index is 14.0. The molecule has 4 heteroatoms. The molecule has 0 unspecified atom stereocenters. The van der Waals surface area contributed by atoms with Crippen molar-refractivity contribution in [2.24, 2.45) is 0 Å². The first-order chi connectivity index (χ1) is 8.72. The molecule has 0 saturated carbocycles. The SMILES string of the molecule is CCCNCc1cc(F)c(N2CCCC2)c(F)c1. The van der Waals surface area contributed by atoms with Crippen LogP contribution >= 0.6 is 0 Å². The standard InChI is InChI=1S/C14H20F2N2/c1-2-5-17-10-11-8-12(15)14(13(16)9-11)18-6-3-4-7-18/h8-9,17H,2-7,10H2,1H3. The van der Waals surface area contributed by atoms with Gasteiger partial charge in [0.2, 0.25) is 0 Å². The fourth-order valence-corrected chi connectivity index (χ4v) is 2.37. The van der Waals surface area contributed by atoms with E-state index in [1.807, 2.05) is 0 Å². The van der Waals surface area contributed by atoms with E-state index < -0.39 is 11.6 Å². The molecular formula is C14H20F2N2. The van der Waals surface area contributed by atoms with Crippen LogP contribution in [0.5, 0.6) is 0 Å². The Hall–Kier alpha value is -1.16. The quantitative estimate of drug-likeness (QED) is 0.812. The fraction of sp³-hybridized carbons (Fsp3) is 0.571. The molecule has 1 aromatic carbocycles.